The number of alkyl halides is 3. The van der Waals surface area contributed by atoms with Gasteiger partial charge >= 0.3 is 12.1 Å². The lowest BCUT2D eigenvalue weighted by atomic mass is 10.1. The summed E-state index contributed by atoms with van der Waals surface area (Å²) in [6.07, 6.45) is -6.10. The quantitative estimate of drug-likeness (QED) is 0.606. The van der Waals surface area contributed by atoms with Crippen LogP contribution in [0.1, 0.15) is 43.6 Å². The van der Waals surface area contributed by atoms with Gasteiger partial charge in [0, 0.05) is 7.05 Å². The highest BCUT2D eigenvalue weighted by Crippen LogP contribution is 2.34. The molecule has 1 atom stereocenters. The summed E-state index contributed by atoms with van der Waals surface area (Å²) in [5, 5.41) is 2.09. The first kappa shape index (κ1) is 21.0. The lowest BCUT2D eigenvalue weighted by molar-refractivity contribution is -0.137. The maximum atomic E-state index is 13.0. The van der Waals surface area contributed by atoms with Crippen LogP contribution in [0, 0.1) is 0 Å². The molecule has 0 spiro atoms. The number of halogens is 3. The number of benzene rings is 2. The van der Waals surface area contributed by atoms with E-state index in [9.17, 15) is 32.3 Å². The van der Waals surface area contributed by atoms with Gasteiger partial charge in [0.1, 0.15) is 0 Å². The van der Waals surface area contributed by atoms with Gasteiger partial charge in [-0.1, -0.05) is 12.1 Å². The van der Waals surface area contributed by atoms with Crippen molar-refractivity contribution in [1.29, 1.82) is 0 Å². The minimum atomic E-state index is -4.68. The summed E-state index contributed by atoms with van der Waals surface area (Å²) in [7, 11) is 1.30. The van der Waals surface area contributed by atoms with Crippen LogP contribution < -0.4 is 5.32 Å². The predicted octanol–water partition coefficient (Wildman–Crippen LogP) is 3.12. The second-order valence-electron chi connectivity index (χ2n) is 6.51. The summed E-state index contributed by atoms with van der Waals surface area (Å²) in [5.74, 6) is -3.03. The van der Waals surface area contributed by atoms with E-state index in [1.165, 1.54) is 44.3 Å². The molecule has 1 unspecified atom stereocenters. The fraction of sp³-hybridized carbons (Fsp3) is 0.200. The molecule has 1 aliphatic rings. The standard InChI is InChI=1S/C20H15F3N2O5/c1-10(16(26)24-15-6-4-3-5-14(15)20(21,22)23)30-19(29)11-7-8-12-13(9-11)18(28)25(2)17(12)27/h3-10H,1-2H3,(H,24,26). The number of imide groups is 1. The third kappa shape index (κ3) is 3.88. The lowest BCUT2D eigenvalue weighted by Crippen LogP contribution is -2.30. The van der Waals surface area contributed by atoms with E-state index in [0.717, 1.165) is 17.0 Å². The minimum Gasteiger partial charge on any atom is -0.449 e. The van der Waals surface area contributed by atoms with Crippen molar-refractivity contribution in [3.8, 4) is 0 Å². The Labute approximate surface area is 168 Å². The molecule has 10 heteroatoms. The number of nitrogens with zero attached hydrogens (tertiary/aromatic N) is 1. The molecule has 3 amide bonds. The molecule has 0 fully saturated rings. The number of hydrogen-bond donors (Lipinski definition) is 1. The molecular weight excluding hydrogens is 405 g/mol. The largest absolute Gasteiger partial charge is 0.449 e. The van der Waals surface area contributed by atoms with Crippen molar-refractivity contribution < 1.29 is 37.1 Å². The minimum absolute atomic E-state index is 0.0214. The van der Waals surface area contributed by atoms with E-state index in [0.29, 0.717) is 0 Å². The van der Waals surface area contributed by atoms with Crippen LogP contribution in [0.4, 0.5) is 18.9 Å². The van der Waals surface area contributed by atoms with Crippen LogP contribution >= 0.6 is 0 Å². The van der Waals surface area contributed by atoms with Crippen LogP contribution in [-0.4, -0.2) is 41.7 Å². The normalized spacial score (nSPS) is 14.4. The molecule has 0 bridgehead atoms. The second kappa shape index (κ2) is 7.62. The Bertz CT molecular complexity index is 1060. The molecule has 1 aliphatic heterocycles. The van der Waals surface area contributed by atoms with Crippen molar-refractivity contribution in [2.45, 2.75) is 19.2 Å². The third-order valence-corrected chi connectivity index (χ3v) is 4.47. The molecule has 30 heavy (non-hydrogen) atoms. The predicted molar refractivity (Wildman–Crippen MR) is 97.8 cm³/mol. The summed E-state index contributed by atoms with van der Waals surface area (Å²) in [6.45, 7) is 1.19. The number of rotatable bonds is 4. The molecule has 0 saturated carbocycles. The highest BCUT2D eigenvalue weighted by atomic mass is 19.4. The summed E-state index contributed by atoms with van der Waals surface area (Å²) in [6, 6.07) is 8.11. The van der Waals surface area contributed by atoms with Crippen molar-refractivity contribution in [3.05, 3.63) is 64.7 Å². The first-order valence-electron chi connectivity index (χ1n) is 8.65. The number of ether oxygens (including phenoxy) is 1. The van der Waals surface area contributed by atoms with E-state index < -0.39 is 47.2 Å². The topological polar surface area (TPSA) is 92.8 Å². The summed E-state index contributed by atoms with van der Waals surface area (Å²) in [4.78, 5) is 49.3. The molecule has 156 valence electrons. The first-order valence-corrected chi connectivity index (χ1v) is 8.65. The smallest absolute Gasteiger partial charge is 0.418 e. The van der Waals surface area contributed by atoms with Crippen molar-refractivity contribution in [1.82, 2.24) is 4.90 Å². The Kier molecular flexibility index (Phi) is 5.34. The van der Waals surface area contributed by atoms with E-state index in [1.54, 1.807) is 0 Å². The number of amides is 3. The van der Waals surface area contributed by atoms with Gasteiger partial charge in [-0.25, -0.2) is 4.79 Å². The van der Waals surface area contributed by atoms with Crippen LogP contribution in [0.25, 0.3) is 0 Å². The fourth-order valence-electron chi connectivity index (χ4n) is 2.84. The van der Waals surface area contributed by atoms with Crippen molar-refractivity contribution in [2.75, 3.05) is 12.4 Å². The van der Waals surface area contributed by atoms with E-state index >= 15 is 0 Å². The van der Waals surface area contributed by atoms with Crippen molar-refractivity contribution in [3.63, 3.8) is 0 Å². The zero-order valence-electron chi connectivity index (χ0n) is 15.7. The van der Waals surface area contributed by atoms with Gasteiger partial charge < -0.3 is 10.1 Å². The number of carbonyl (C=O) groups excluding carboxylic acids is 4. The van der Waals surface area contributed by atoms with Gasteiger partial charge in [-0.05, 0) is 37.3 Å². The number of nitrogens with one attached hydrogen (secondary N) is 1. The Morgan fingerprint density at radius 1 is 1.03 bits per heavy atom. The van der Waals surface area contributed by atoms with E-state index in [-0.39, 0.29) is 16.7 Å². The van der Waals surface area contributed by atoms with Crippen LogP contribution in [0.2, 0.25) is 0 Å². The number of carbonyl (C=O) groups is 4. The van der Waals surface area contributed by atoms with Gasteiger partial charge in [0.15, 0.2) is 6.10 Å². The zero-order valence-corrected chi connectivity index (χ0v) is 15.7. The molecule has 0 aromatic heterocycles. The van der Waals surface area contributed by atoms with Crippen LogP contribution in [0.5, 0.6) is 0 Å². The molecule has 1 N–H and O–H groups in total. The van der Waals surface area contributed by atoms with Crippen molar-refractivity contribution >= 4 is 29.4 Å². The van der Waals surface area contributed by atoms with E-state index in [1.807, 2.05) is 0 Å². The maximum Gasteiger partial charge on any atom is 0.418 e. The number of anilines is 1. The van der Waals surface area contributed by atoms with E-state index in [2.05, 4.69) is 5.32 Å². The summed E-state index contributed by atoms with van der Waals surface area (Å²) >= 11 is 0. The molecule has 3 rings (SSSR count). The van der Waals surface area contributed by atoms with Crippen LogP contribution in [0.3, 0.4) is 0 Å². The average molecular weight is 420 g/mol. The number of esters is 1. The number of hydrogen-bond acceptors (Lipinski definition) is 5. The Hall–Kier alpha value is -3.69. The van der Waals surface area contributed by atoms with Crippen molar-refractivity contribution in [2.24, 2.45) is 0 Å². The van der Waals surface area contributed by atoms with Crippen LogP contribution in [-0.2, 0) is 15.7 Å². The Morgan fingerprint density at radius 2 is 1.67 bits per heavy atom. The fourth-order valence-corrected chi connectivity index (χ4v) is 2.84. The molecule has 2 aromatic carbocycles. The zero-order chi connectivity index (χ0) is 22.2. The Balaban J connectivity index is 1.72. The SMILES string of the molecule is CC(OC(=O)c1ccc2c(c1)C(=O)N(C)C2=O)C(=O)Nc1ccccc1C(F)(F)F. The highest BCUT2D eigenvalue weighted by Gasteiger charge is 2.35. The molecule has 0 radical (unpaired) electrons. The van der Waals surface area contributed by atoms with E-state index in [4.69, 9.17) is 4.74 Å². The Morgan fingerprint density at radius 3 is 2.33 bits per heavy atom. The molecular formula is C20H15F3N2O5. The second-order valence-corrected chi connectivity index (χ2v) is 6.51. The summed E-state index contributed by atoms with van der Waals surface area (Å²) in [5.41, 5.74) is -1.44. The van der Waals surface area contributed by atoms with Crippen LogP contribution in [0.15, 0.2) is 42.5 Å². The number of para-hydroxylation sites is 1. The lowest BCUT2D eigenvalue weighted by Gasteiger charge is -2.17. The molecule has 0 saturated heterocycles. The van der Waals surface area contributed by atoms with Gasteiger partial charge in [0.2, 0.25) is 0 Å². The first-order chi connectivity index (χ1) is 14.0. The van der Waals surface area contributed by atoms with Gasteiger partial charge in [-0.15, -0.1) is 0 Å². The molecule has 2 aromatic rings. The molecule has 7 nitrogen and oxygen atoms in total. The average Bonchev–Trinajstić information content (AvgIpc) is 2.91. The third-order valence-electron chi connectivity index (χ3n) is 4.47. The summed E-state index contributed by atoms with van der Waals surface area (Å²) < 4.78 is 44.1. The molecule has 0 aliphatic carbocycles. The maximum absolute atomic E-state index is 13.0. The number of fused-ring (bicyclic) bond motifs is 1. The monoisotopic (exact) mass is 420 g/mol. The van der Waals surface area contributed by atoms with Gasteiger partial charge in [-0.3, -0.25) is 19.3 Å². The van der Waals surface area contributed by atoms with Gasteiger partial charge in [-0.2, -0.15) is 13.2 Å². The van der Waals surface area contributed by atoms with Gasteiger partial charge in [0.05, 0.1) is 27.9 Å². The molecule has 1 heterocycles. The van der Waals surface area contributed by atoms with Gasteiger partial charge in [0.25, 0.3) is 17.7 Å². The highest BCUT2D eigenvalue weighted by molar-refractivity contribution is 6.21.